The fourth-order valence-corrected chi connectivity index (χ4v) is 4.56. The molecule has 0 fully saturated rings. The van der Waals surface area contributed by atoms with E-state index in [-0.39, 0.29) is 11.7 Å². The first-order valence-corrected chi connectivity index (χ1v) is 10.4. The number of carbonyl (C=O) groups excluding carboxylic acids is 1. The summed E-state index contributed by atoms with van der Waals surface area (Å²) >= 11 is 1.20. The molecule has 0 aliphatic carbocycles. The third-order valence-corrected chi connectivity index (χ3v) is 6.17. The summed E-state index contributed by atoms with van der Waals surface area (Å²) in [5.74, 6) is 1.35. The number of nitrogens with zero attached hydrogens (tertiary/aromatic N) is 4. The maximum atomic E-state index is 13.5. The number of benzene rings is 1. The van der Waals surface area contributed by atoms with Gasteiger partial charge in [-0.15, -0.1) is 0 Å². The van der Waals surface area contributed by atoms with Gasteiger partial charge in [-0.3, -0.25) is 9.69 Å². The quantitative estimate of drug-likeness (QED) is 0.744. The number of aliphatic imine (C=N–C) groups is 1. The molecule has 2 aliphatic heterocycles. The summed E-state index contributed by atoms with van der Waals surface area (Å²) in [5, 5.41) is 10.1. The molecule has 1 aromatic rings. The average Bonchev–Trinajstić information content (AvgIpc) is 3.07. The molecule has 1 atom stereocenters. The van der Waals surface area contributed by atoms with Crippen molar-refractivity contribution in [3.8, 4) is 17.6 Å². The number of amidine groups is 1. The van der Waals surface area contributed by atoms with E-state index in [1.54, 1.807) is 36.2 Å². The second-order valence-electron chi connectivity index (χ2n) is 6.68. The molecule has 0 bridgehead atoms. The monoisotopic (exact) mass is 427 g/mol. The Labute approximate surface area is 180 Å². The van der Waals surface area contributed by atoms with Gasteiger partial charge in [0.05, 0.1) is 31.5 Å². The number of nitriles is 1. The van der Waals surface area contributed by atoms with Gasteiger partial charge in [-0.05, 0) is 50.7 Å². The van der Waals surface area contributed by atoms with Crippen molar-refractivity contribution >= 4 is 22.8 Å². The molecule has 0 spiro atoms. The highest BCUT2D eigenvalue weighted by molar-refractivity contribution is 8.17. The van der Waals surface area contributed by atoms with Crippen LogP contribution >= 0.6 is 11.8 Å². The van der Waals surface area contributed by atoms with Crippen LogP contribution in [0.2, 0.25) is 0 Å². The summed E-state index contributed by atoms with van der Waals surface area (Å²) in [7, 11) is 3.15. The fourth-order valence-electron chi connectivity index (χ4n) is 3.64. The predicted molar refractivity (Wildman–Crippen MR) is 117 cm³/mol. The van der Waals surface area contributed by atoms with E-state index in [4.69, 9.17) is 15.2 Å². The van der Waals surface area contributed by atoms with Gasteiger partial charge in [0.25, 0.3) is 5.91 Å². The number of rotatable bonds is 6. The van der Waals surface area contributed by atoms with Crippen LogP contribution in [0.4, 0.5) is 0 Å². The largest absolute Gasteiger partial charge is 0.497 e. The highest BCUT2D eigenvalue weighted by Gasteiger charge is 2.44. The van der Waals surface area contributed by atoms with Crippen molar-refractivity contribution in [3.63, 3.8) is 0 Å². The number of allylic oxidation sites excluding steroid dienone is 2. The van der Waals surface area contributed by atoms with Crippen molar-refractivity contribution < 1.29 is 14.3 Å². The number of fused-ring (bicyclic) bond motifs is 1. The Morgan fingerprint density at radius 2 is 2.03 bits per heavy atom. The third-order valence-electron chi connectivity index (χ3n) is 5.19. The van der Waals surface area contributed by atoms with Gasteiger partial charge in [-0.25, -0.2) is 4.99 Å². The molecule has 3 rings (SSSR count). The third kappa shape index (κ3) is 3.48. The summed E-state index contributed by atoms with van der Waals surface area (Å²) in [4.78, 5) is 22.0. The molecule has 9 heteroatoms. The van der Waals surface area contributed by atoms with E-state index in [1.165, 1.54) is 11.8 Å². The van der Waals surface area contributed by atoms with Crippen LogP contribution in [0.1, 0.15) is 32.4 Å². The second kappa shape index (κ2) is 8.71. The lowest BCUT2D eigenvalue weighted by atomic mass is 9.92. The van der Waals surface area contributed by atoms with Gasteiger partial charge in [0.1, 0.15) is 28.3 Å². The van der Waals surface area contributed by atoms with Gasteiger partial charge >= 0.3 is 0 Å². The van der Waals surface area contributed by atoms with Gasteiger partial charge in [-0.1, -0.05) is 0 Å². The molecule has 158 valence electrons. The van der Waals surface area contributed by atoms with Crippen LogP contribution in [0.15, 0.2) is 45.2 Å². The van der Waals surface area contributed by atoms with Crippen LogP contribution in [0.25, 0.3) is 0 Å². The zero-order valence-electron chi connectivity index (χ0n) is 17.7. The lowest BCUT2D eigenvalue weighted by molar-refractivity contribution is -0.127. The maximum Gasteiger partial charge on any atom is 0.254 e. The zero-order chi connectivity index (χ0) is 22.0. The fraction of sp³-hybridized carbons (Fsp3) is 0.381. The second-order valence-corrected chi connectivity index (χ2v) is 7.66. The van der Waals surface area contributed by atoms with E-state index in [1.807, 2.05) is 26.8 Å². The highest BCUT2D eigenvalue weighted by atomic mass is 32.2. The first-order valence-electron chi connectivity index (χ1n) is 9.59. The van der Waals surface area contributed by atoms with Crippen LogP contribution in [0, 0.1) is 11.3 Å². The van der Waals surface area contributed by atoms with E-state index in [0.29, 0.717) is 51.5 Å². The Kier molecular flexibility index (Phi) is 6.27. The lowest BCUT2D eigenvalue weighted by Crippen LogP contribution is -2.42. The summed E-state index contributed by atoms with van der Waals surface area (Å²) in [6.45, 7) is 6.80. The summed E-state index contributed by atoms with van der Waals surface area (Å²) in [6, 6.07) is 6.94. The topological polar surface area (TPSA) is 104 Å². The zero-order valence-corrected chi connectivity index (χ0v) is 18.5. The molecule has 0 aromatic heterocycles. The van der Waals surface area contributed by atoms with Crippen molar-refractivity contribution in [2.24, 2.45) is 10.7 Å². The minimum atomic E-state index is -0.603. The molecule has 0 radical (unpaired) electrons. The number of methoxy groups -OCH3 is 2. The first-order chi connectivity index (χ1) is 14.4. The van der Waals surface area contributed by atoms with Crippen molar-refractivity contribution in [1.82, 2.24) is 9.80 Å². The molecule has 2 N–H and O–H groups in total. The normalized spacial score (nSPS) is 18.1. The molecule has 30 heavy (non-hydrogen) atoms. The summed E-state index contributed by atoms with van der Waals surface area (Å²) < 4.78 is 11.0. The number of thioether (sulfide) groups is 1. The number of likely N-dealkylation sites (N-methyl/N-ethyl adjacent to an activating group) is 1. The molecule has 2 aliphatic rings. The highest BCUT2D eigenvalue weighted by Crippen LogP contribution is 2.48. The molecule has 1 unspecified atom stereocenters. The van der Waals surface area contributed by atoms with Gasteiger partial charge < -0.3 is 20.1 Å². The van der Waals surface area contributed by atoms with Crippen LogP contribution < -0.4 is 15.2 Å². The van der Waals surface area contributed by atoms with Crippen molar-refractivity contribution in [2.75, 3.05) is 27.3 Å². The first kappa shape index (κ1) is 21.6. The Bertz CT molecular complexity index is 1000. The molecular weight excluding hydrogens is 402 g/mol. The number of carbonyl (C=O) groups is 1. The van der Waals surface area contributed by atoms with E-state index < -0.39 is 6.04 Å². The van der Waals surface area contributed by atoms with Crippen molar-refractivity contribution in [3.05, 3.63) is 45.8 Å². The predicted octanol–water partition coefficient (Wildman–Crippen LogP) is 2.96. The Morgan fingerprint density at radius 1 is 1.33 bits per heavy atom. The molecule has 0 saturated heterocycles. The van der Waals surface area contributed by atoms with E-state index in [9.17, 15) is 10.1 Å². The minimum Gasteiger partial charge on any atom is -0.497 e. The molecule has 1 aromatic carbocycles. The maximum absolute atomic E-state index is 13.5. The molecule has 8 nitrogen and oxygen atoms in total. The van der Waals surface area contributed by atoms with Gasteiger partial charge in [0.2, 0.25) is 0 Å². The van der Waals surface area contributed by atoms with Crippen molar-refractivity contribution in [2.45, 2.75) is 26.8 Å². The Morgan fingerprint density at radius 3 is 2.60 bits per heavy atom. The lowest BCUT2D eigenvalue weighted by Gasteiger charge is -2.37. The molecule has 0 saturated carbocycles. The smallest absolute Gasteiger partial charge is 0.254 e. The number of amides is 1. The Balaban J connectivity index is 2.28. The molecular formula is C21H25N5O3S. The summed E-state index contributed by atoms with van der Waals surface area (Å²) in [5.41, 5.74) is 8.14. The van der Waals surface area contributed by atoms with Gasteiger partial charge in [0.15, 0.2) is 5.17 Å². The molecule has 2 heterocycles. The van der Waals surface area contributed by atoms with Gasteiger partial charge in [0, 0.05) is 18.7 Å². The van der Waals surface area contributed by atoms with E-state index in [0.717, 1.165) is 0 Å². The van der Waals surface area contributed by atoms with Crippen LogP contribution in [-0.2, 0) is 4.79 Å². The minimum absolute atomic E-state index is 0.126. The van der Waals surface area contributed by atoms with Crippen LogP contribution in [-0.4, -0.2) is 48.2 Å². The van der Waals surface area contributed by atoms with Crippen molar-refractivity contribution in [1.29, 1.82) is 5.26 Å². The van der Waals surface area contributed by atoms with E-state index in [2.05, 4.69) is 11.1 Å². The average molecular weight is 428 g/mol. The molecule has 1 amide bonds. The van der Waals surface area contributed by atoms with Crippen LogP contribution in [0.5, 0.6) is 11.5 Å². The summed E-state index contributed by atoms with van der Waals surface area (Å²) in [6.07, 6.45) is 0. The standard InChI is InChI=1S/C21H25N5O3S/c1-6-25(7-2)20(27)17-12(3)24-21-26(19(23)16(11-22)30-21)18(17)14-10-13(28-4)8-9-15(14)29-5/h8-10,18H,6-7,23H2,1-5H3. The van der Waals surface area contributed by atoms with E-state index >= 15 is 0 Å². The number of hydrogen-bond acceptors (Lipinski definition) is 8. The van der Waals surface area contributed by atoms with Gasteiger partial charge in [-0.2, -0.15) is 5.26 Å². The number of hydrogen-bond donors (Lipinski definition) is 1. The van der Waals surface area contributed by atoms with Crippen LogP contribution in [0.3, 0.4) is 0 Å². The Hall–Kier alpha value is -3.12. The number of ether oxygens (including phenoxy) is 2. The number of nitrogens with two attached hydrogens (primary N) is 1. The SMILES string of the molecule is CCN(CC)C(=O)C1=C(C)N=C2SC(C#N)=C(N)N2C1c1cc(OC)ccc1OC.